The molecule has 2 N–H and O–H groups in total. The molecule has 0 amide bonds. The highest BCUT2D eigenvalue weighted by atomic mass is 79.9. The van der Waals surface area contributed by atoms with Gasteiger partial charge in [-0.1, -0.05) is 12.1 Å². The van der Waals surface area contributed by atoms with Gasteiger partial charge in [-0.05, 0) is 47.3 Å². The van der Waals surface area contributed by atoms with Crippen LogP contribution in [0.4, 0.5) is 0 Å². The second kappa shape index (κ2) is 5.92. The van der Waals surface area contributed by atoms with Crippen molar-refractivity contribution in [2.24, 2.45) is 5.92 Å². The number of phenols is 1. The third-order valence-electron chi connectivity index (χ3n) is 3.79. The van der Waals surface area contributed by atoms with Gasteiger partial charge in [-0.2, -0.15) is 0 Å². The van der Waals surface area contributed by atoms with E-state index < -0.39 is 5.97 Å². The molecule has 1 fully saturated rings. The molecule has 104 valence electrons. The van der Waals surface area contributed by atoms with Gasteiger partial charge < -0.3 is 10.2 Å². The minimum Gasteiger partial charge on any atom is -0.507 e. The molecule has 1 aliphatic heterocycles. The quantitative estimate of drug-likeness (QED) is 0.896. The van der Waals surface area contributed by atoms with Crippen LogP contribution in [0.25, 0.3) is 0 Å². The number of carbonyl (C=O) groups is 1. The van der Waals surface area contributed by atoms with E-state index in [1.54, 1.807) is 12.1 Å². The summed E-state index contributed by atoms with van der Waals surface area (Å²) in [7, 11) is 0. The van der Waals surface area contributed by atoms with Gasteiger partial charge in [-0.15, -0.1) is 0 Å². The lowest BCUT2D eigenvalue weighted by atomic mass is 9.93. The Balaban J connectivity index is 2.12. The van der Waals surface area contributed by atoms with Gasteiger partial charge in [0, 0.05) is 19.1 Å². The normalized spacial score (nSPS) is 24.3. The van der Waals surface area contributed by atoms with Crippen LogP contribution in [0.5, 0.6) is 5.75 Å². The molecule has 1 aliphatic rings. The molecule has 1 aromatic carbocycles. The van der Waals surface area contributed by atoms with Crippen molar-refractivity contribution in [3.05, 3.63) is 28.2 Å². The zero-order valence-corrected chi connectivity index (χ0v) is 12.4. The van der Waals surface area contributed by atoms with E-state index in [1.165, 1.54) is 0 Å². The van der Waals surface area contributed by atoms with Gasteiger partial charge in [0.15, 0.2) is 0 Å². The highest BCUT2D eigenvalue weighted by molar-refractivity contribution is 9.10. The van der Waals surface area contributed by atoms with Crippen LogP contribution in [0.1, 0.15) is 25.3 Å². The van der Waals surface area contributed by atoms with E-state index >= 15 is 0 Å². The summed E-state index contributed by atoms with van der Waals surface area (Å²) < 4.78 is 0.694. The number of hydrogen-bond acceptors (Lipinski definition) is 3. The van der Waals surface area contributed by atoms with Crippen LogP contribution < -0.4 is 0 Å². The van der Waals surface area contributed by atoms with Crippen LogP contribution in [0.15, 0.2) is 22.7 Å². The molecule has 2 atom stereocenters. The Hall–Kier alpha value is -1.07. The van der Waals surface area contributed by atoms with Crippen molar-refractivity contribution in [1.29, 1.82) is 0 Å². The van der Waals surface area contributed by atoms with Gasteiger partial charge in [-0.25, -0.2) is 0 Å². The molecule has 1 heterocycles. The Morgan fingerprint density at radius 3 is 2.89 bits per heavy atom. The molecule has 2 unspecified atom stereocenters. The van der Waals surface area contributed by atoms with Crippen LogP contribution in [-0.2, 0) is 11.3 Å². The standard InChI is InChI=1S/C14H18BrNO3/c1-9-5-6-11(14(18)19)8-16(9)7-10-3-2-4-12(17)13(10)15/h2-4,9,11,17H,5-8H2,1H3,(H,18,19). The van der Waals surface area contributed by atoms with Crippen molar-refractivity contribution < 1.29 is 15.0 Å². The number of rotatable bonds is 3. The third kappa shape index (κ3) is 3.28. The second-order valence-electron chi connectivity index (χ2n) is 5.14. The average molecular weight is 328 g/mol. The zero-order chi connectivity index (χ0) is 14.0. The first-order valence-electron chi connectivity index (χ1n) is 6.42. The highest BCUT2D eigenvalue weighted by Crippen LogP contribution is 2.30. The Morgan fingerprint density at radius 1 is 1.47 bits per heavy atom. The van der Waals surface area contributed by atoms with E-state index in [1.807, 2.05) is 6.07 Å². The smallest absolute Gasteiger partial charge is 0.307 e. The van der Waals surface area contributed by atoms with Crippen molar-refractivity contribution in [3.8, 4) is 5.75 Å². The number of nitrogens with zero attached hydrogens (tertiary/aromatic N) is 1. The fourth-order valence-electron chi connectivity index (χ4n) is 2.51. The van der Waals surface area contributed by atoms with E-state index in [9.17, 15) is 9.90 Å². The first-order chi connectivity index (χ1) is 8.99. The van der Waals surface area contributed by atoms with Crippen molar-refractivity contribution >= 4 is 21.9 Å². The highest BCUT2D eigenvalue weighted by Gasteiger charge is 2.29. The lowest BCUT2D eigenvalue weighted by Gasteiger charge is -2.36. The maximum Gasteiger partial charge on any atom is 0.307 e. The van der Waals surface area contributed by atoms with E-state index in [-0.39, 0.29) is 11.7 Å². The molecule has 19 heavy (non-hydrogen) atoms. The summed E-state index contributed by atoms with van der Waals surface area (Å²) in [6.07, 6.45) is 1.64. The molecule has 0 aromatic heterocycles. The summed E-state index contributed by atoms with van der Waals surface area (Å²) in [4.78, 5) is 13.3. The molecule has 0 aliphatic carbocycles. The Morgan fingerprint density at radius 2 is 2.21 bits per heavy atom. The molecule has 0 saturated carbocycles. The first-order valence-corrected chi connectivity index (χ1v) is 7.21. The van der Waals surface area contributed by atoms with Crippen LogP contribution in [0.2, 0.25) is 0 Å². The number of carboxylic acid groups (broad SMARTS) is 1. The minimum atomic E-state index is -0.716. The van der Waals surface area contributed by atoms with Crippen LogP contribution >= 0.6 is 15.9 Å². The number of piperidine rings is 1. The Bertz CT molecular complexity index is 478. The molecule has 1 aromatic rings. The topological polar surface area (TPSA) is 60.8 Å². The van der Waals surface area contributed by atoms with Crippen LogP contribution in [0.3, 0.4) is 0 Å². The fraction of sp³-hybridized carbons (Fsp3) is 0.500. The van der Waals surface area contributed by atoms with Gasteiger partial charge in [-0.3, -0.25) is 9.69 Å². The largest absolute Gasteiger partial charge is 0.507 e. The summed E-state index contributed by atoms with van der Waals surface area (Å²) in [5.74, 6) is -0.781. The third-order valence-corrected chi connectivity index (χ3v) is 4.71. The number of phenolic OH excluding ortho intramolecular Hbond substituents is 1. The maximum atomic E-state index is 11.1. The summed E-state index contributed by atoms with van der Waals surface area (Å²) >= 11 is 3.38. The molecule has 4 nitrogen and oxygen atoms in total. The second-order valence-corrected chi connectivity index (χ2v) is 5.93. The number of aliphatic carboxylic acids is 1. The number of halogens is 1. The Kier molecular flexibility index (Phi) is 4.47. The molecule has 2 rings (SSSR count). The van der Waals surface area contributed by atoms with Gasteiger partial charge in [0.25, 0.3) is 0 Å². The predicted molar refractivity (Wildman–Crippen MR) is 76.0 cm³/mol. The molecule has 1 saturated heterocycles. The van der Waals surface area contributed by atoms with Gasteiger partial charge in [0.05, 0.1) is 10.4 Å². The summed E-state index contributed by atoms with van der Waals surface area (Å²) in [5, 5.41) is 18.8. The molecule has 0 radical (unpaired) electrons. The van der Waals surface area contributed by atoms with Crippen LogP contribution in [0, 0.1) is 5.92 Å². The molecule has 0 bridgehead atoms. The van der Waals surface area contributed by atoms with Crippen molar-refractivity contribution in [2.75, 3.05) is 6.54 Å². The minimum absolute atomic E-state index is 0.219. The first kappa shape index (κ1) is 14.3. The summed E-state index contributed by atoms with van der Waals surface area (Å²) in [6.45, 7) is 3.34. The van der Waals surface area contributed by atoms with Gasteiger partial charge in [0.2, 0.25) is 0 Å². The lowest BCUT2D eigenvalue weighted by molar-refractivity contribution is -0.144. The van der Waals surface area contributed by atoms with Crippen molar-refractivity contribution in [3.63, 3.8) is 0 Å². The SMILES string of the molecule is CC1CCC(C(=O)O)CN1Cc1cccc(O)c1Br. The molecule has 0 spiro atoms. The molecular formula is C14H18BrNO3. The van der Waals surface area contributed by atoms with Crippen molar-refractivity contribution in [1.82, 2.24) is 4.90 Å². The van der Waals surface area contributed by atoms with Gasteiger partial charge >= 0.3 is 5.97 Å². The number of hydrogen-bond donors (Lipinski definition) is 2. The van der Waals surface area contributed by atoms with Crippen molar-refractivity contribution in [2.45, 2.75) is 32.4 Å². The lowest BCUT2D eigenvalue weighted by Crippen LogP contribution is -2.43. The van der Waals surface area contributed by atoms with E-state index in [0.29, 0.717) is 23.6 Å². The Labute approximate surface area is 121 Å². The zero-order valence-electron chi connectivity index (χ0n) is 10.8. The summed E-state index contributed by atoms with van der Waals surface area (Å²) in [6, 6.07) is 5.75. The van der Waals surface area contributed by atoms with E-state index in [0.717, 1.165) is 18.4 Å². The number of benzene rings is 1. The van der Waals surface area contributed by atoms with E-state index in [4.69, 9.17) is 5.11 Å². The summed E-state index contributed by atoms with van der Waals surface area (Å²) in [5.41, 5.74) is 0.984. The fourth-order valence-corrected chi connectivity index (χ4v) is 2.90. The van der Waals surface area contributed by atoms with Gasteiger partial charge in [0.1, 0.15) is 5.75 Å². The predicted octanol–water partition coefficient (Wildman–Crippen LogP) is 2.84. The maximum absolute atomic E-state index is 11.1. The molecular weight excluding hydrogens is 310 g/mol. The van der Waals surface area contributed by atoms with Crippen LogP contribution in [-0.4, -0.2) is 33.7 Å². The number of carboxylic acids is 1. The van der Waals surface area contributed by atoms with E-state index in [2.05, 4.69) is 27.8 Å². The number of aromatic hydroxyl groups is 1. The number of likely N-dealkylation sites (tertiary alicyclic amines) is 1. The average Bonchev–Trinajstić information content (AvgIpc) is 2.37. The monoisotopic (exact) mass is 327 g/mol. The molecule has 5 heteroatoms.